The minimum Gasteiger partial charge on any atom is -0.506 e. The second-order valence-corrected chi connectivity index (χ2v) is 8.72. The highest BCUT2D eigenvalue weighted by Crippen LogP contribution is 2.25. The highest BCUT2D eigenvalue weighted by atomic mass is 19.1. The van der Waals surface area contributed by atoms with Crippen LogP contribution in [0.1, 0.15) is 50.9 Å². The van der Waals surface area contributed by atoms with Crippen molar-refractivity contribution < 1.29 is 19.0 Å². The van der Waals surface area contributed by atoms with Crippen LogP contribution in [0.15, 0.2) is 49.3 Å². The van der Waals surface area contributed by atoms with E-state index in [1.807, 2.05) is 33.0 Å². The van der Waals surface area contributed by atoms with Gasteiger partial charge in [-0.1, -0.05) is 25.6 Å². The minimum absolute atomic E-state index is 0.0158. The van der Waals surface area contributed by atoms with Gasteiger partial charge in [0.25, 0.3) is 0 Å². The molecule has 0 fully saturated rings. The molecule has 0 spiro atoms. The molecule has 0 aliphatic carbocycles. The molecule has 0 aliphatic heterocycles. The summed E-state index contributed by atoms with van der Waals surface area (Å²) >= 11 is 0. The molecule has 3 aromatic rings. The van der Waals surface area contributed by atoms with Crippen LogP contribution in [0.25, 0.3) is 16.7 Å². The van der Waals surface area contributed by atoms with E-state index in [0.717, 1.165) is 28.5 Å². The van der Waals surface area contributed by atoms with Crippen LogP contribution in [-0.4, -0.2) is 33.0 Å². The molecule has 0 saturated carbocycles. The average Bonchev–Trinajstić information content (AvgIpc) is 3.04. The minimum atomic E-state index is -0.258. The number of hydrogen-bond donors (Lipinski definition) is 1. The summed E-state index contributed by atoms with van der Waals surface area (Å²) in [4.78, 5) is 4.31. The monoisotopic (exact) mass is 426 g/mol. The molecule has 1 unspecified atom stereocenters. The van der Waals surface area contributed by atoms with Gasteiger partial charge in [-0.3, -0.25) is 4.98 Å². The van der Waals surface area contributed by atoms with Gasteiger partial charge >= 0.3 is 0 Å². The van der Waals surface area contributed by atoms with Gasteiger partial charge in [0, 0.05) is 23.7 Å². The quantitative estimate of drug-likeness (QED) is 0.435. The summed E-state index contributed by atoms with van der Waals surface area (Å²) in [7, 11) is 0. The topological polar surface area (TPSA) is 56.5 Å². The van der Waals surface area contributed by atoms with Crippen molar-refractivity contribution in [2.75, 3.05) is 6.61 Å². The van der Waals surface area contributed by atoms with E-state index in [9.17, 15) is 9.50 Å². The Morgan fingerprint density at radius 1 is 1.26 bits per heavy atom. The van der Waals surface area contributed by atoms with Crippen LogP contribution in [-0.2, 0) is 22.6 Å². The molecule has 0 amide bonds. The Kier molecular flexibility index (Phi) is 7.13. The Balaban J connectivity index is 1.84. The highest BCUT2D eigenvalue weighted by Gasteiger charge is 2.18. The summed E-state index contributed by atoms with van der Waals surface area (Å²) in [5.74, 6) is -0.337. The first-order chi connectivity index (χ1) is 14.7. The van der Waals surface area contributed by atoms with E-state index in [1.54, 1.807) is 18.3 Å². The first kappa shape index (κ1) is 23.0. The summed E-state index contributed by atoms with van der Waals surface area (Å²) in [5, 5.41) is 10.7. The average molecular weight is 427 g/mol. The van der Waals surface area contributed by atoms with Crippen molar-refractivity contribution in [2.45, 2.75) is 59.0 Å². The van der Waals surface area contributed by atoms with Crippen molar-refractivity contribution >= 4 is 16.7 Å². The maximum absolute atomic E-state index is 13.3. The van der Waals surface area contributed by atoms with Crippen LogP contribution in [0.5, 0.6) is 0 Å². The lowest BCUT2D eigenvalue weighted by atomic mass is 10.1. The van der Waals surface area contributed by atoms with Gasteiger partial charge in [-0.15, -0.1) is 0 Å². The van der Waals surface area contributed by atoms with Crippen molar-refractivity contribution in [2.24, 2.45) is 0 Å². The van der Waals surface area contributed by atoms with Crippen molar-refractivity contribution in [1.82, 2.24) is 9.55 Å². The number of nitrogens with zero attached hydrogens (tertiary/aromatic N) is 2. The fraction of sp³-hybridized carbons (Fsp3) is 0.400. The van der Waals surface area contributed by atoms with Gasteiger partial charge in [0.1, 0.15) is 17.3 Å². The van der Waals surface area contributed by atoms with Crippen molar-refractivity contribution in [1.29, 1.82) is 0 Å². The molecule has 2 aromatic heterocycles. The number of aliphatic hydroxyl groups is 1. The maximum Gasteiger partial charge on any atom is 0.134 e. The van der Waals surface area contributed by atoms with E-state index in [2.05, 4.69) is 23.1 Å². The number of aromatic nitrogens is 2. The van der Waals surface area contributed by atoms with Gasteiger partial charge in [0.05, 0.1) is 36.6 Å². The predicted molar refractivity (Wildman–Crippen MR) is 121 cm³/mol. The Hall–Kier alpha value is -2.70. The lowest BCUT2D eigenvalue weighted by Crippen LogP contribution is -2.30. The Morgan fingerprint density at radius 2 is 1.97 bits per heavy atom. The molecule has 1 atom stereocenters. The number of halogens is 1. The van der Waals surface area contributed by atoms with Crippen LogP contribution >= 0.6 is 0 Å². The van der Waals surface area contributed by atoms with Crippen LogP contribution < -0.4 is 0 Å². The van der Waals surface area contributed by atoms with Crippen LogP contribution in [0.2, 0.25) is 0 Å². The fourth-order valence-electron chi connectivity index (χ4n) is 3.49. The molecule has 0 aliphatic rings. The molecule has 0 radical (unpaired) electrons. The molecule has 166 valence electrons. The second kappa shape index (κ2) is 9.62. The molecular weight excluding hydrogens is 395 g/mol. The van der Waals surface area contributed by atoms with Crippen LogP contribution in [0.4, 0.5) is 4.39 Å². The van der Waals surface area contributed by atoms with Crippen LogP contribution in [0, 0.1) is 5.82 Å². The van der Waals surface area contributed by atoms with Gasteiger partial charge in [0.15, 0.2) is 0 Å². The van der Waals surface area contributed by atoms with Gasteiger partial charge < -0.3 is 19.1 Å². The third-order valence-corrected chi connectivity index (χ3v) is 4.95. The number of hydrogen-bond acceptors (Lipinski definition) is 4. The van der Waals surface area contributed by atoms with E-state index in [0.29, 0.717) is 25.5 Å². The molecular formula is C25H31FN2O3. The molecule has 3 rings (SSSR count). The van der Waals surface area contributed by atoms with Crippen molar-refractivity contribution in [3.8, 4) is 0 Å². The van der Waals surface area contributed by atoms with E-state index in [4.69, 9.17) is 9.47 Å². The number of benzene rings is 1. The first-order valence-corrected chi connectivity index (χ1v) is 10.5. The summed E-state index contributed by atoms with van der Waals surface area (Å²) in [5.41, 5.74) is 3.07. The van der Waals surface area contributed by atoms with Gasteiger partial charge in [0.2, 0.25) is 0 Å². The van der Waals surface area contributed by atoms with Gasteiger partial charge in [-0.05, 0) is 51.0 Å². The predicted octanol–water partition coefficient (Wildman–Crippen LogP) is 5.86. The molecule has 2 heterocycles. The zero-order chi connectivity index (χ0) is 22.6. The normalized spacial score (nSPS) is 12.9. The molecule has 6 heteroatoms. The summed E-state index contributed by atoms with van der Waals surface area (Å²) in [6.45, 7) is 13.2. The smallest absolute Gasteiger partial charge is 0.134 e. The first-order valence-electron chi connectivity index (χ1n) is 10.5. The summed E-state index contributed by atoms with van der Waals surface area (Å²) in [6, 6.07) is 8.27. The molecule has 0 saturated heterocycles. The third kappa shape index (κ3) is 6.15. The Labute approximate surface area is 183 Å². The fourth-order valence-corrected chi connectivity index (χ4v) is 3.49. The molecule has 5 nitrogen and oxygen atoms in total. The summed E-state index contributed by atoms with van der Waals surface area (Å²) < 4.78 is 27.4. The molecule has 0 bridgehead atoms. The maximum atomic E-state index is 13.3. The van der Waals surface area contributed by atoms with E-state index in [1.165, 1.54) is 12.1 Å². The SMILES string of the molecule is C=C(O)c1cc2c(COCC(CC)OC(C)(C)C)cn(Cc3ccc(F)cc3)c2cn1. The van der Waals surface area contributed by atoms with Crippen molar-refractivity contribution in [3.63, 3.8) is 0 Å². The number of fused-ring (bicyclic) bond motifs is 1. The number of ether oxygens (including phenoxy) is 2. The van der Waals surface area contributed by atoms with E-state index >= 15 is 0 Å². The number of pyridine rings is 1. The largest absolute Gasteiger partial charge is 0.506 e. The number of rotatable bonds is 9. The summed E-state index contributed by atoms with van der Waals surface area (Å²) in [6.07, 6.45) is 4.62. The zero-order valence-electron chi connectivity index (χ0n) is 18.7. The van der Waals surface area contributed by atoms with E-state index < -0.39 is 0 Å². The zero-order valence-corrected chi connectivity index (χ0v) is 18.7. The van der Waals surface area contributed by atoms with Crippen LogP contribution in [0.3, 0.4) is 0 Å². The molecule has 1 N–H and O–H groups in total. The molecule has 31 heavy (non-hydrogen) atoms. The number of aliphatic hydroxyl groups excluding tert-OH is 1. The molecule has 1 aromatic carbocycles. The second-order valence-electron chi connectivity index (χ2n) is 8.72. The standard InChI is InChI=1S/C25H31FN2O3/c1-6-21(31-25(3,4)5)16-30-15-19-14-28(13-18-7-9-20(26)10-8-18)24-12-27-23(17(2)29)11-22(19)24/h7-12,14,21,29H,2,6,13,15-16H2,1,3-5H3. The lowest BCUT2D eigenvalue weighted by molar-refractivity contribution is -0.0957. The van der Waals surface area contributed by atoms with Gasteiger partial charge in [-0.2, -0.15) is 0 Å². The lowest BCUT2D eigenvalue weighted by Gasteiger charge is -2.26. The third-order valence-electron chi connectivity index (χ3n) is 4.95. The van der Waals surface area contributed by atoms with Crippen molar-refractivity contribution in [3.05, 3.63) is 71.9 Å². The highest BCUT2D eigenvalue weighted by molar-refractivity contribution is 5.85. The van der Waals surface area contributed by atoms with Gasteiger partial charge in [-0.25, -0.2) is 4.39 Å². The Bertz CT molecular complexity index is 1040. The Morgan fingerprint density at radius 3 is 2.58 bits per heavy atom. The van der Waals surface area contributed by atoms with E-state index in [-0.39, 0.29) is 23.3 Å².